The normalized spacial score (nSPS) is 11.5. The average molecular weight is 490 g/mol. The lowest BCUT2D eigenvalue weighted by molar-refractivity contribution is -0.138. The van der Waals surface area contributed by atoms with Crippen LogP contribution in [0.3, 0.4) is 0 Å². The van der Waals surface area contributed by atoms with Crippen LogP contribution in [-0.2, 0) is 6.18 Å². The molecule has 0 amide bonds. The molecular weight excluding hydrogens is 480 g/mol. The Kier molecular flexibility index (Phi) is 5.89. The minimum absolute atomic E-state index is 0.325. The summed E-state index contributed by atoms with van der Waals surface area (Å²) in [4.78, 5) is 15.8. The van der Waals surface area contributed by atoms with Crippen LogP contribution in [0.4, 0.5) is 26.3 Å². The minimum atomic E-state index is -5.03. The molecule has 0 bridgehead atoms. The van der Waals surface area contributed by atoms with Crippen molar-refractivity contribution in [2.75, 3.05) is 0 Å². The van der Waals surface area contributed by atoms with Crippen LogP contribution in [0.1, 0.15) is 22.8 Å². The molecule has 3 aromatic rings. The highest BCUT2D eigenvalue weighted by molar-refractivity contribution is 9.10. The molecule has 0 saturated carbocycles. The molecule has 1 heterocycles. The van der Waals surface area contributed by atoms with Crippen LogP contribution in [0, 0.1) is 17.5 Å². The Morgan fingerprint density at radius 2 is 1.63 bits per heavy atom. The second-order valence-corrected chi connectivity index (χ2v) is 7.04. The van der Waals surface area contributed by atoms with E-state index in [4.69, 9.17) is 4.74 Å². The smallest absolute Gasteiger partial charge is 0.417 e. The summed E-state index contributed by atoms with van der Waals surface area (Å²) in [7, 11) is 0. The molecule has 0 aliphatic carbocycles. The van der Waals surface area contributed by atoms with E-state index in [0.29, 0.717) is 16.6 Å². The summed E-state index contributed by atoms with van der Waals surface area (Å²) in [6.45, 7) is 0.860. The Balaban J connectivity index is 2.28. The van der Waals surface area contributed by atoms with Gasteiger partial charge < -0.3 is 4.74 Å². The fourth-order valence-electron chi connectivity index (χ4n) is 2.67. The van der Waals surface area contributed by atoms with Crippen LogP contribution < -0.4 is 4.74 Å². The van der Waals surface area contributed by atoms with Gasteiger partial charge in [0.15, 0.2) is 17.3 Å². The van der Waals surface area contributed by atoms with Crippen molar-refractivity contribution < 1.29 is 35.9 Å². The van der Waals surface area contributed by atoms with E-state index in [9.17, 15) is 31.1 Å². The van der Waals surface area contributed by atoms with E-state index in [-0.39, 0.29) is 5.56 Å². The lowest BCUT2D eigenvalue weighted by Gasteiger charge is -2.17. The van der Waals surface area contributed by atoms with Crippen LogP contribution in [0.15, 0.2) is 46.9 Å². The van der Waals surface area contributed by atoms with Crippen molar-refractivity contribution in [3.8, 4) is 22.9 Å². The first-order valence-electron chi connectivity index (χ1n) is 8.18. The molecule has 10 heteroatoms. The number of carbonyl (C=O) groups is 1. The Bertz CT molecular complexity index is 1130. The standard InChI is InChI=1S/C20H10BrF6NO2/c1-9(29)18-14(20(25,26)27)8-16(10-4-12(22)7-13(23)5-10)28-19(18)30-17-3-2-11(21)6-15(17)24/h2-8H,1H3. The zero-order valence-electron chi connectivity index (χ0n) is 15.0. The van der Waals surface area contributed by atoms with Crippen molar-refractivity contribution in [2.24, 2.45) is 0 Å². The predicted octanol–water partition coefficient (Wildman–Crippen LogP) is 6.94. The third-order valence-corrected chi connectivity index (χ3v) is 4.40. The van der Waals surface area contributed by atoms with Gasteiger partial charge in [0.25, 0.3) is 0 Å². The summed E-state index contributed by atoms with van der Waals surface area (Å²) in [5.41, 5.74) is -3.21. The number of ketones is 1. The Labute approximate surface area is 174 Å². The second kappa shape index (κ2) is 8.10. The molecule has 0 fully saturated rings. The summed E-state index contributed by atoms with van der Waals surface area (Å²) in [5, 5.41) is 0. The maximum atomic E-state index is 14.1. The monoisotopic (exact) mass is 489 g/mol. The van der Waals surface area contributed by atoms with E-state index in [1.807, 2.05) is 0 Å². The number of hydrogen-bond donors (Lipinski definition) is 0. The quantitative estimate of drug-likeness (QED) is 0.294. The first-order valence-corrected chi connectivity index (χ1v) is 8.97. The van der Waals surface area contributed by atoms with Crippen LogP contribution in [0.25, 0.3) is 11.3 Å². The third-order valence-electron chi connectivity index (χ3n) is 3.90. The summed E-state index contributed by atoms with van der Waals surface area (Å²) in [6.07, 6.45) is -5.03. The van der Waals surface area contributed by atoms with E-state index in [1.165, 1.54) is 6.07 Å². The summed E-state index contributed by atoms with van der Waals surface area (Å²) >= 11 is 3.03. The highest BCUT2D eigenvalue weighted by Crippen LogP contribution is 2.40. The molecule has 156 valence electrons. The zero-order chi connectivity index (χ0) is 22.2. The summed E-state index contributed by atoms with van der Waals surface area (Å²) in [6, 6.07) is 6.03. The molecule has 30 heavy (non-hydrogen) atoms. The number of pyridine rings is 1. The van der Waals surface area contributed by atoms with Gasteiger partial charge in [0, 0.05) is 16.1 Å². The lowest BCUT2D eigenvalue weighted by atomic mass is 10.0. The number of hydrogen-bond acceptors (Lipinski definition) is 3. The number of alkyl halides is 3. The van der Waals surface area contributed by atoms with E-state index in [0.717, 1.165) is 31.2 Å². The van der Waals surface area contributed by atoms with Crippen LogP contribution in [0.5, 0.6) is 11.6 Å². The zero-order valence-corrected chi connectivity index (χ0v) is 16.5. The topological polar surface area (TPSA) is 39.2 Å². The van der Waals surface area contributed by atoms with Crippen molar-refractivity contribution in [1.29, 1.82) is 0 Å². The molecule has 3 nitrogen and oxygen atoms in total. The van der Waals surface area contributed by atoms with Gasteiger partial charge in [-0.25, -0.2) is 18.2 Å². The van der Waals surface area contributed by atoms with E-state index in [1.54, 1.807) is 0 Å². The van der Waals surface area contributed by atoms with Crippen molar-refractivity contribution in [3.63, 3.8) is 0 Å². The number of nitrogens with zero attached hydrogens (tertiary/aromatic N) is 1. The van der Waals surface area contributed by atoms with Crippen LogP contribution in [0.2, 0.25) is 0 Å². The van der Waals surface area contributed by atoms with Crippen LogP contribution in [-0.4, -0.2) is 10.8 Å². The van der Waals surface area contributed by atoms with Gasteiger partial charge in [0.1, 0.15) is 11.6 Å². The van der Waals surface area contributed by atoms with Gasteiger partial charge in [0.2, 0.25) is 5.88 Å². The molecule has 0 atom stereocenters. The molecule has 2 aromatic carbocycles. The van der Waals surface area contributed by atoms with Gasteiger partial charge >= 0.3 is 6.18 Å². The summed E-state index contributed by atoms with van der Waals surface area (Å²) in [5.74, 6) is -5.41. The number of aromatic nitrogens is 1. The Hall–Kier alpha value is -2.88. The molecule has 0 unspecified atom stereocenters. The molecule has 0 spiro atoms. The average Bonchev–Trinajstić information content (AvgIpc) is 2.61. The first kappa shape index (κ1) is 21.8. The Morgan fingerprint density at radius 3 is 2.17 bits per heavy atom. The van der Waals surface area contributed by atoms with E-state index < -0.39 is 57.9 Å². The van der Waals surface area contributed by atoms with Crippen molar-refractivity contribution in [1.82, 2.24) is 4.98 Å². The predicted molar refractivity (Wildman–Crippen MR) is 98.8 cm³/mol. The molecule has 1 aromatic heterocycles. The number of ether oxygens (including phenoxy) is 1. The maximum Gasteiger partial charge on any atom is 0.417 e. The molecule has 0 N–H and O–H groups in total. The fraction of sp³-hybridized carbons (Fsp3) is 0.100. The molecule has 3 rings (SSSR count). The minimum Gasteiger partial charge on any atom is -0.435 e. The van der Waals surface area contributed by atoms with Crippen molar-refractivity contribution in [2.45, 2.75) is 13.1 Å². The first-order chi connectivity index (χ1) is 14.0. The largest absolute Gasteiger partial charge is 0.435 e. The van der Waals surface area contributed by atoms with Gasteiger partial charge in [-0.05, 0) is 43.3 Å². The van der Waals surface area contributed by atoms with Gasteiger partial charge in [0.05, 0.1) is 16.8 Å². The number of carbonyl (C=O) groups excluding carboxylic acids is 1. The van der Waals surface area contributed by atoms with Gasteiger partial charge in [-0.15, -0.1) is 0 Å². The third kappa shape index (κ3) is 4.64. The maximum absolute atomic E-state index is 14.1. The van der Waals surface area contributed by atoms with Crippen molar-refractivity contribution in [3.05, 3.63) is 75.5 Å². The fourth-order valence-corrected chi connectivity index (χ4v) is 3.00. The molecule has 0 radical (unpaired) electrons. The number of benzene rings is 2. The number of halogens is 7. The second-order valence-electron chi connectivity index (χ2n) is 6.12. The SMILES string of the molecule is CC(=O)c1c(C(F)(F)F)cc(-c2cc(F)cc(F)c2)nc1Oc1ccc(Br)cc1F. The highest BCUT2D eigenvalue weighted by atomic mass is 79.9. The highest BCUT2D eigenvalue weighted by Gasteiger charge is 2.38. The van der Waals surface area contributed by atoms with Crippen molar-refractivity contribution >= 4 is 21.7 Å². The molecule has 0 saturated heterocycles. The molecule has 0 aliphatic heterocycles. The van der Waals surface area contributed by atoms with E-state index in [2.05, 4.69) is 20.9 Å². The van der Waals surface area contributed by atoms with Gasteiger partial charge in [-0.1, -0.05) is 15.9 Å². The molecular formula is C20H10BrF6NO2. The molecule has 0 aliphatic rings. The van der Waals surface area contributed by atoms with Gasteiger partial charge in [-0.2, -0.15) is 13.2 Å². The number of Topliss-reactive ketones (excluding diaryl/α,β-unsaturated/α-hetero) is 1. The Morgan fingerprint density at radius 1 is 1.00 bits per heavy atom. The van der Waals surface area contributed by atoms with Gasteiger partial charge in [-0.3, -0.25) is 4.79 Å². The number of rotatable bonds is 4. The lowest BCUT2D eigenvalue weighted by Crippen LogP contribution is -2.15. The van der Waals surface area contributed by atoms with Crippen LogP contribution >= 0.6 is 15.9 Å². The van der Waals surface area contributed by atoms with E-state index >= 15 is 0 Å². The summed E-state index contributed by atoms with van der Waals surface area (Å²) < 4.78 is 87.8.